The van der Waals surface area contributed by atoms with Crippen molar-refractivity contribution >= 4 is 28.2 Å². The molecule has 9 nitrogen and oxygen atoms in total. The molecule has 2 fully saturated rings. The van der Waals surface area contributed by atoms with Crippen LogP contribution < -0.4 is 14.5 Å². The lowest BCUT2D eigenvalue weighted by Crippen LogP contribution is -2.56. The van der Waals surface area contributed by atoms with Gasteiger partial charge in [0, 0.05) is 55.3 Å². The smallest absolute Gasteiger partial charge is 0.318 e. The number of fused-ring (bicyclic) bond motifs is 2. The molecule has 0 saturated carbocycles. The van der Waals surface area contributed by atoms with Crippen LogP contribution in [-0.2, 0) is 17.8 Å². The van der Waals surface area contributed by atoms with Gasteiger partial charge in [-0.2, -0.15) is 15.2 Å². The Morgan fingerprint density at radius 3 is 2.64 bits per heavy atom. The lowest BCUT2D eigenvalue weighted by atomic mass is 9.99. The molecule has 2 saturated heterocycles. The molecule has 3 aliphatic heterocycles. The van der Waals surface area contributed by atoms with Gasteiger partial charge in [-0.25, -0.2) is 13.2 Å². The fourth-order valence-corrected chi connectivity index (χ4v) is 6.84. The third kappa shape index (κ3) is 5.85. The van der Waals surface area contributed by atoms with Gasteiger partial charge >= 0.3 is 6.01 Å². The number of piperazine rings is 1. The number of aromatic nitrogens is 2. The van der Waals surface area contributed by atoms with E-state index in [2.05, 4.69) is 42.2 Å². The Bertz CT molecular complexity index is 1590. The molecule has 0 unspecified atom stereocenters. The number of ether oxygens (including phenoxy) is 1. The van der Waals surface area contributed by atoms with Gasteiger partial charge < -0.3 is 19.4 Å². The van der Waals surface area contributed by atoms with E-state index >= 15 is 0 Å². The molecule has 6 rings (SSSR count). The number of carbonyl (C=O) groups excluding carboxylic acids is 1. The van der Waals surface area contributed by atoms with Gasteiger partial charge in [0.15, 0.2) is 6.67 Å². The topological polar surface area (TPSA) is 88.8 Å². The molecule has 0 radical (unpaired) electrons. The van der Waals surface area contributed by atoms with Crippen LogP contribution in [0.15, 0.2) is 36.4 Å². The van der Waals surface area contributed by atoms with Gasteiger partial charge in [-0.1, -0.05) is 30.3 Å². The molecule has 2 aromatic carbocycles. The predicted octanol–water partition coefficient (Wildman–Crippen LogP) is 4.12. The summed E-state index contributed by atoms with van der Waals surface area (Å²) in [5, 5.41) is 11.8. The summed E-state index contributed by atoms with van der Waals surface area (Å²) in [7, 11) is 1.66. The van der Waals surface area contributed by atoms with Crippen molar-refractivity contribution < 1.29 is 22.7 Å². The number of carbonyl (C=O) groups is 1. The number of likely N-dealkylation sites (N-methyl/N-ethyl adjacent to an activating group) is 1. The van der Waals surface area contributed by atoms with Crippen LogP contribution in [0.5, 0.6) is 6.01 Å². The summed E-state index contributed by atoms with van der Waals surface area (Å²) in [5.41, 5.74) is 4.02. The van der Waals surface area contributed by atoms with Crippen LogP contribution in [0.1, 0.15) is 29.7 Å². The second kappa shape index (κ2) is 12.1. The Labute approximate surface area is 254 Å². The molecule has 44 heavy (non-hydrogen) atoms. The summed E-state index contributed by atoms with van der Waals surface area (Å²) < 4.78 is 47.4. The zero-order valence-electron chi connectivity index (χ0n) is 25.0. The molecule has 0 bridgehead atoms. The first-order chi connectivity index (χ1) is 21.2. The highest BCUT2D eigenvalue weighted by Crippen LogP contribution is 2.36. The normalized spacial score (nSPS) is 21.8. The van der Waals surface area contributed by atoms with E-state index in [1.165, 1.54) is 15.8 Å². The lowest BCUT2D eigenvalue weighted by Gasteiger charge is -2.42. The number of anilines is 2. The van der Waals surface area contributed by atoms with Crippen LogP contribution in [0.25, 0.3) is 10.8 Å². The van der Waals surface area contributed by atoms with E-state index in [0.717, 1.165) is 28.9 Å². The maximum atomic E-state index is 14.0. The fourth-order valence-electron chi connectivity index (χ4n) is 6.84. The molecule has 3 aliphatic rings. The molecule has 232 valence electrons. The van der Waals surface area contributed by atoms with Gasteiger partial charge in [-0.3, -0.25) is 9.69 Å². The number of amides is 1. The van der Waals surface area contributed by atoms with E-state index < -0.39 is 30.6 Å². The van der Waals surface area contributed by atoms with Crippen molar-refractivity contribution in [1.82, 2.24) is 19.8 Å². The van der Waals surface area contributed by atoms with E-state index in [-0.39, 0.29) is 38.5 Å². The number of benzene rings is 2. The van der Waals surface area contributed by atoms with Crippen LogP contribution in [0.4, 0.5) is 24.7 Å². The largest absolute Gasteiger partial charge is 0.462 e. The standard InChI is InChI=1S/C32H36F3N7O2/c1-21-5-3-6-22-7-4-8-27(29(21)22)40-12-10-25-26(18-40)37-31(44-19-24-15-32(34,35)20-39(24)2)38-30(25)41-13-14-42(28(43)16-33)23(17-41)9-11-36/h3-8,23-24H,9-10,12-20H2,1-2H3/t23-,24-/m0/s1. The number of hydrogen-bond donors (Lipinski definition) is 0. The average Bonchev–Trinajstić information content (AvgIpc) is 3.29. The molecular formula is C32H36F3N7O2. The third-order valence-electron chi connectivity index (χ3n) is 9.04. The van der Waals surface area contributed by atoms with Crippen molar-refractivity contribution in [3.63, 3.8) is 0 Å². The molecule has 0 aliphatic carbocycles. The van der Waals surface area contributed by atoms with E-state index in [1.807, 2.05) is 17.0 Å². The Balaban J connectivity index is 1.33. The number of likely N-dealkylation sites (tertiary alicyclic amines) is 1. The Hall–Kier alpha value is -4.11. The van der Waals surface area contributed by atoms with Crippen molar-refractivity contribution in [2.45, 2.75) is 50.7 Å². The van der Waals surface area contributed by atoms with Crippen molar-refractivity contribution in [2.24, 2.45) is 0 Å². The highest BCUT2D eigenvalue weighted by Gasteiger charge is 2.43. The SMILES string of the molecule is Cc1cccc2cccc(N3CCc4c(nc(OC[C@@H]5CC(F)(F)CN5C)nc4N4CCN(C(=O)CF)[C@@H](CC#N)C4)C3)c12. The molecule has 12 heteroatoms. The van der Waals surface area contributed by atoms with Crippen molar-refractivity contribution in [1.29, 1.82) is 5.26 Å². The maximum absolute atomic E-state index is 14.0. The molecule has 0 spiro atoms. The average molecular weight is 608 g/mol. The molecule has 4 heterocycles. The zero-order valence-corrected chi connectivity index (χ0v) is 25.0. The van der Waals surface area contributed by atoms with Gasteiger partial charge in [0.1, 0.15) is 12.4 Å². The minimum atomic E-state index is -2.77. The second-order valence-electron chi connectivity index (χ2n) is 12.0. The monoisotopic (exact) mass is 607 g/mol. The number of hydrogen-bond acceptors (Lipinski definition) is 8. The van der Waals surface area contributed by atoms with Crippen LogP contribution in [0, 0.1) is 18.3 Å². The molecule has 0 N–H and O–H groups in total. The highest BCUT2D eigenvalue weighted by molar-refractivity contribution is 5.97. The molecular weight excluding hydrogens is 571 g/mol. The van der Waals surface area contributed by atoms with Gasteiger partial charge in [0.05, 0.1) is 37.3 Å². The Morgan fingerprint density at radius 1 is 1.11 bits per heavy atom. The summed E-state index contributed by atoms with van der Waals surface area (Å²) in [5.74, 6) is -2.75. The Morgan fingerprint density at radius 2 is 1.91 bits per heavy atom. The van der Waals surface area contributed by atoms with E-state index in [0.29, 0.717) is 31.9 Å². The number of nitriles is 1. The first-order valence-corrected chi connectivity index (χ1v) is 15.0. The van der Waals surface area contributed by atoms with E-state index in [9.17, 15) is 23.2 Å². The predicted molar refractivity (Wildman–Crippen MR) is 161 cm³/mol. The van der Waals surface area contributed by atoms with Gasteiger partial charge in [0.2, 0.25) is 0 Å². The number of alkyl halides is 3. The summed E-state index contributed by atoms with van der Waals surface area (Å²) in [4.78, 5) is 29.2. The first kappa shape index (κ1) is 29.9. The molecule has 1 aromatic heterocycles. The van der Waals surface area contributed by atoms with Crippen LogP contribution in [-0.4, -0.2) is 96.7 Å². The summed E-state index contributed by atoms with van der Waals surface area (Å²) in [6, 6.07) is 13.8. The fraction of sp³-hybridized carbons (Fsp3) is 0.500. The van der Waals surface area contributed by atoms with E-state index in [4.69, 9.17) is 14.7 Å². The maximum Gasteiger partial charge on any atom is 0.318 e. The molecule has 2 atom stereocenters. The molecule has 3 aromatic rings. The van der Waals surface area contributed by atoms with Crippen LogP contribution >= 0.6 is 0 Å². The summed E-state index contributed by atoms with van der Waals surface area (Å²) in [6.45, 7) is 2.88. The summed E-state index contributed by atoms with van der Waals surface area (Å²) in [6.07, 6.45) is 0.419. The number of nitrogens with zero attached hydrogens (tertiary/aromatic N) is 7. The molecule has 1 amide bonds. The van der Waals surface area contributed by atoms with Gasteiger partial charge in [-0.05, 0) is 37.4 Å². The van der Waals surface area contributed by atoms with Crippen molar-refractivity contribution in [3.8, 4) is 12.1 Å². The van der Waals surface area contributed by atoms with E-state index in [1.54, 1.807) is 11.9 Å². The minimum absolute atomic E-state index is 0.0202. The van der Waals surface area contributed by atoms with Crippen LogP contribution in [0.2, 0.25) is 0 Å². The second-order valence-corrected chi connectivity index (χ2v) is 12.0. The number of aryl methyl sites for hydroxylation is 1. The third-order valence-corrected chi connectivity index (χ3v) is 9.04. The number of rotatable bonds is 7. The lowest BCUT2D eigenvalue weighted by molar-refractivity contribution is -0.134. The van der Waals surface area contributed by atoms with Crippen LogP contribution in [0.3, 0.4) is 0 Å². The number of halogens is 3. The quantitative estimate of drug-likeness (QED) is 0.397. The van der Waals surface area contributed by atoms with Gasteiger partial charge in [0.25, 0.3) is 11.8 Å². The summed E-state index contributed by atoms with van der Waals surface area (Å²) >= 11 is 0. The zero-order chi connectivity index (χ0) is 31.0. The van der Waals surface area contributed by atoms with Crippen molar-refractivity contribution in [3.05, 3.63) is 53.2 Å². The van der Waals surface area contributed by atoms with Crippen molar-refractivity contribution in [2.75, 3.05) is 62.9 Å². The Kier molecular flexibility index (Phi) is 8.24. The minimum Gasteiger partial charge on any atom is -0.462 e. The van der Waals surface area contributed by atoms with Gasteiger partial charge in [-0.15, -0.1) is 0 Å². The highest BCUT2D eigenvalue weighted by atomic mass is 19.3. The first-order valence-electron chi connectivity index (χ1n) is 15.0.